The lowest BCUT2D eigenvalue weighted by molar-refractivity contribution is -0.119. The number of rotatable bonds is 5. The zero-order valence-electron chi connectivity index (χ0n) is 14.4. The minimum atomic E-state index is -0.159. The van der Waals surface area contributed by atoms with Crippen LogP contribution in [0.15, 0.2) is 45.8 Å². The maximum Gasteiger partial charge on any atom is 0.230 e. The number of amides is 1. The van der Waals surface area contributed by atoms with E-state index in [1.807, 2.05) is 31.2 Å². The summed E-state index contributed by atoms with van der Waals surface area (Å²) in [4.78, 5) is 21.2. The maximum absolute atomic E-state index is 12.3. The molecule has 0 saturated heterocycles. The van der Waals surface area contributed by atoms with Crippen LogP contribution < -0.4 is 5.32 Å². The Morgan fingerprint density at radius 3 is 2.80 bits per heavy atom. The average Bonchev–Trinajstić information content (AvgIpc) is 3.01. The van der Waals surface area contributed by atoms with E-state index in [0.29, 0.717) is 5.75 Å². The van der Waals surface area contributed by atoms with Crippen LogP contribution in [0, 0.1) is 13.8 Å². The number of nitrogens with one attached hydrogen (secondary N) is 2. The van der Waals surface area contributed by atoms with Crippen molar-refractivity contribution in [1.29, 1.82) is 0 Å². The smallest absolute Gasteiger partial charge is 0.230 e. The highest BCUT2D eigenvalue weighted by molar-refractivity contribution is 9.10. The molecule has 3 rings (SSSR count). The minimum absolute atomic E-state index is 0.00192. The number of aromatic nitrogens is 2. The zero-order chi connectivity index (χ0) is 18.0. The Balaban J connectivity index is 1.61. The number of aryl methyl sites for hydroxylation is 2. The van der Waals surface area contributed by atoms with Gasteiger partial charge in [-0.2, -0.15) is 0 Å². The summed E-state index contributed by atoms with van der Waals surface area (Å²) in [5.74, 6) is 1.15. The number of thioether (sulfide) groups is 1. The largest absolute Gasteiger partial charge is 0.346 e. The van der Waals surface area contributed by atoms with Gasteiger partial charge in [-0.1, -0.05) is 28.1 Å². The van der Waals surface area contributed by atoms with Crippen LogP contribution in [-0.4, -0.2) is 21.6 Å². The number of fused-ring (bicyclic) bond motifs is 1. The summed E-state index contributed by atoms with van der Waals surface area (Å²) in [5.41, 5.74) is 4.23. The second kappa shape index (κ2) is 7.62. The molecule has 1 amide bonds. The maximum atomic E-state index is 12.3. The van der Waals surface area contributed by atoms with E-state index in [4.69, 9.17) is 0 Å². The number of H-pyrrole nitrogens is 1. The first-order chi connectivity index (χ1) is 11.9. The van der Waals surface area contributed by atoms with E-state index < -0.39 is 0 Å². The van der Waals surface area contributed by atoms with Gasteiger partial charge in [0, 0.05) is 9.37 Å². The fraction of sp³-hybridized carbons (Fsp3) is 0.263. The second-order valence-corrected chi connectivity index (χ2v) is 7.96. The van der Waals surface area contributed by atoms with Crippen molar-refractivity contribution in [2.75, 3.05) is 5.75 Å². The summed E-state index contributed by atoms with van der Waals surface area (Å²) in [7, 11) is 0. The molecule has 0 spiro atoms. The SMILES string of the molecule is Cc1cc(SCC(=O)N[C@@H](C)c2nc3ccccc3[nH]2)c(C)cc1Br. The van der Waals surface area contributed by atoms with E-state index >= 15 is 0 Å². The summed E-state index contributed by atoms with van der Waals surface area (Å²) in [6.07, 6.45) is 0. The number of hydrogen-bond donors (Lipinski definition) is 2. The monoisotopic (exact) mass is 417 g/mol. The molecule has 0 aliphatic heterocycles. The van der Waals surface area contributed by atoms with Crippen LogP contribution in [0.5, 0.6) is 0 Å². The third-order valence-corrected chi connectivity index (χ3v) is 6.02. The van der Waals surface area contributed by atoms with Gasteiger partial charge < -0.3 is 10.3 Å². The van der Waals surface area contributed by atoms with Gasteiger partial charge in [-0.15, -0.1) is 11.8 Å². The molecule has 0 unspecified atom stereocenters. The zero-order valence-corrected chi connectivity index (χ0v) is 16.8. The molecule has 4 nitrogen and oxygen atoms in total. The van der Waals surface area contributed by atoms with Crippen molar-refractivity contribution in [2.45, 2.75) is 31.7 Å². The van der Waals surface area contributed by atoms with Gasteiger partial charge in [-0.05, 0) is 56.2 Å². The van der Waals surface area contributed by atoms with E-state index in [1.54, 1.807) is 11.8 Å². The van der Waals surface area contributed by atoms with E-state index in [-0.39, 0.29) is 11.9 Å². The fourth-order valence-corrected chi connectivity index (χ4v) is 3.96. The highest BCUT2D eigenvalue weighted by atomic mass is 79.9. The van der Waals surface area contributed by atoms with E-state index in [2.05, 4.69) is 57.2 Å². The van der Waals surface area contributed by atoms with Crippen LogP contribution >= 0.6 is 27.7 Å². The van der Waals surface area contributed by atoms with Gasteiger partial charge in [0.05, 0.1) is 22.8 Å². The molecule has 0 aliphatic rings. The van der Waals surface area contributed by atoms with Gasteiger partial charge in [0.25, 0.3) is 0 Å². The van der Waals surface area contributed by atoms with E-state index in [9.17, 15) is 4.79 Å². The average molecular weight is 418 g/mol. The molecule has 0 fully saturated rings. The molecule has 1 atom stereocenters. The molecule has 25 heavy (non-hydrogen) atoms. The van der Waals surface area contributed by atoms with Crippen molar-refractivity contribution in [3.8, 4) is 0 Å². The summed E-state index contributed by atoms with van der Waals surface area (Å²) >= 11 is 5.09. The normalized spacial score (nSPS) is 12.3. The third-order valence-electron chi connectivity index (χ3n) is 4.01. The molecule has 130 valence electrons. The Labute approximate surface area is 159 Å². The molecule has 0 bridgehead atoms. The summed E-state index contributed by atoms with van der Waals surface area (Å²) < 4.78 is 1.09. The third kappa shape index (κ3) is 4.25. The quantitative estimate of drug-likeness (QED) is 0.579. The highest BCUT2D eigenvalue weighted by Crippen LogP contribution is 2.28. The van der Waals surface area contributed by atoms with Gasteiger partial charge in [-0.3, -0.25) is 4.79 Å². The highest BCUT2D eigenvalue weighted by Gasteiger charge is 2.14. The molecule has 2 aromatic carbocycles. The number of nitrogens with zero attached hydrogens (tertiary/aromatic N) is 1. The number of halogens is 1. The van der Waals surface area contributed by atoms with Gasteiger partial charge in [0.2, 0.25) is 5.91 Å². The predicted octanol–water partition coefficient (Wildman–Crippen LogP) is 4.91. The van der Waals surface area contributed by atoms with Gasteiger partial charge in [0.15, 0.2) is 0 Å². The number of imidazole rings is 1. The van der Waals surface area contributed by atoms with Crippen LogP contribution in [-0.2, 0) is 4.79 Å². The Hall–Kier alpha value is -1.79. The van der Waals surface area contributed by atoms with Crippen molar-refractivity contribution in [3.63, 3.8) is 0 Å². The molecule has 2 N–H and O–H groups in total. The first kappa shape index (κ1) is 18.0. The summed E-state index contributed by atoms with van der Waals surface area (Å²) in [5, 5.41) is 3.01. The first-order valence-corrected chi connectivity index (χ1v) is 9.85. The summed E-state index contributed by atoms with van der Waals surface area (Å²) in [6.45, 7) is 6.05. The predicted molar refractivity (Wildman–Crippen MR) is 107 cm³/mol. The van der Waals surface area contributed by atoms with Crippen LogP contribution in [0.2, 0.25) is 0 Å². The minimum Gasteiger partial charge on any atom is -0.346 e. The van der Waals surface area contributed by atoms with Crippen LogP contribution in [0.3, 0.4) is 0 Å². The van der Waals surface area contributed by atoms with Crippen molar-refractivity contribution in [2.24, 2.45) is 0 Å². The van der Waals surface area contributed by atoms with Crippen molar-refractivity contribution in [3.05, 3.63) is 57.8 Å². The van der Waals surface area contributed by atoms with Crippen LogP contribution in [0.4, 0.5) is 0 Å². The molecular weight excluding hydrogens is 398 g/mol. The fourth-order valence-electron chi connectivity index (χ4n) is 2.58. The van der Waals surface area contributed by atoms with Crippen LogP contribution in [0.25, 0.3) is 11.0 Å². The number of carbonyl (C=O) groups excluding carboxylic acids is 1. The van der Waals surface area contributed by atoms with Gasteiger partial charge in [0.1, 0.15) is 5.82 Å². The molecule has 1 aromatic heterocycles. The Kier molecular flexibility index (Phi) is 5.49. The molecule has 1 heterocycles. The Bertz CT molecular complexity index is 889. The molecule has 0 saturated carbocycles. The second-order valence-electron chi connectivity index (χ2n) is 6.08. The van der Waals surface area contributed by atoms with Crippen molar-refractivity contribution >= 4 is 44.6 Å². The number of para-hydroxylation sites is 2. The number of carbonyl (C=O) groups is 1. The summed E-state index contributed by atoms with van der Waals surface area (Å²) in [6, 6.07) is 11.9. The number of benzene rings is 2. The Morgan fingerprint density at radius 1 is 1.28 bits per heavy atom. The lowest BCUT2D eigenvalue weighted by Gasteiger charge is -2.12. The molecular formula is C19H20BrN3OS. The van der Waals surface area contributed by atoms with Gasteiger partial charge >= 0.3 is 0 Å². The molecule has 0 aliphatic carbocycles. The van der Waals surface area contributed by atoms with E-state index in [0.717, 1.165) is 26.2 Å². The lowest BCUT2D eigenvalue weighted by Crippen LogP contribution is -2.28. The Morgan fingerprint density at radius 2 is 2.04 bits per heavy atom. The number of aromatic amines is 1. The van der Waals surface area contributed by atoms with Crippen LogP contribution in [0.1, 0.15) is 29.9 Å². The van der Waals surface area contributed by atoms with Crippen molar-refractivity contribution in [1.82, 2.24) is 15.3 Å². The molecule has 6 heteroatoms. The molecule has 3 aromatic rings. The molecule has 0 radical (unpaired) electrons. The lowest BCUT2D eigenvalue weighted by atomic mass is 10.2. The van der Waals surface area contributed by atoms with Crippen molar-refractivity contribution < 1.29 is 4.79 Å². The topological polar surface area (TPSA) is 57.8 Å². The standard InChI is InChI=1S/C19H20BrN3OS/c1-11-9-17(12(2)8-14(11)20)25-10-18(24)21-13(3)19-22-15-6-4-5-7-16(15)23-19/h4-9,13H,10H2,1-3H3,(H,21,24)(H,22,23)/t13-/m0/s1. The van der Waals surface area contributed by atoms with E-state index in [1.165, 1.54) is 11.1 Å². The van der Waals surface area contributed by atoms with Gasteiger partial charge in [-0.25, -0.2) is 4.98 Å². The number of hydrogen-bond acceptors (Lipinski definition) is 3. The first-order valence-electron chi connectivity index (χ1n) is 8.07.